The number of rotatable bonds is 5. The smallest absolute Gasteiger partial charge is 0.165 e. The largest absolute Gasteiger partial charge is 0.493 e. The summed E-state index contributed by atoms with van der Waals surface area (Å²) < 4.78 is 18.5. The van der Waals surface area contributed by atoms with Crippen molar-refractivity contribution in [1.29, 1.82) is 0 Å². The quantitative estimate of drug-likeness (QED) is 0.825. The zero-order chi connectivity index (χ0) is 20.0. The van der Waals surface area contributed by atoms with Crippen molar-refractivity contribution < 1.29 is 19.3 Å². The van der Waals surface area contributed by atoms with Crippen molar-refractivity contribution >= 4 is 0 Å². The molecule has 1 aromatic rings. The van der Waals surface area contributed by atoms with Crippen molar-refractivity contribution in [2.45, 2.75) is 62.7 Å². The Morgan fingerprint density at radius 3 is 2.79 bits per heavy atom. The maximum absolute atomic E-state index is 10.4. The van der Waals surface area contributed by atoms with E-state index in [2.05, 4.69) is 24.0 Å². The van der Waals surface area contributed by atoms with E-state index in [1.807, 2.05) is 0 Å². The third-order valence-corrected chi connectivity index (χ3v) is 8.94. The Morgan fingerprint density at radius 1 is 1.28 bits per heavy atom. The van der Waals surface area contributed by atoms with E-state index in [9.17, 15) is 5.11 Å². The standard InChI is InChI=1S/C24H33NO4/c1-23(13-26)11-16-17-10-15-6-7-18(27-2)20-19(15)24(16,22(29-20)21(23)28-3)8-9-25(17)12-14-4-5-14/h6-7,14,16-17,21-22,26H,4-5,8-13H2,1-3H3. The fourth-order valence-corrected chi connectivity index (χ4v) is 7.43. The first-order valence-electron chi connectivity index (χ1n) is 11.3. The topological polar surface area (TPSA) is 51.2 Å². The molecule has 2 aliphatic heterocycles. The second-order valence-corrected chi connectivity index (χ2v) is 10.4. The number of likely N-dealkylation sites (tertiary alicyclic amines) is 1. The number of hydrogen-bond acceptors (Lipinski definition) is 5. The highest BCUT2D eigenvalue weighted by molar-refractivity contribution is 5.61. The van der Waals surface area contributed by atoms with Gasteiger partial charge in [0.25, 0.3) is 0 Å². The Hall–Kier alpha value is -1.30. The first-order chi connectivity index (χ1) is 14.1. The Labute approximate surface area is 173 Å². The summed E-state index contributed by atoms with van der Waals surface area (Å²) in [7, 11) is 3.51. The highest BCUT2D eigenvalue weighted by Crippen LogP contribution is 2.66. The number of nitrogens with zero attached hydrogens (tertiary/aromatic N) is 1. The lowest BCUT2D eigenvalue weighted by molar-refractivity contribution is -0.183. The van der Waals surface area contributed by atoms with Crippen LogP contribution in [0, 0.1) is 17.3 Å². The van der Waals surface area contributed by atoms with Crippen LogP contribution in [0.15, 0.2) is 12.1 Å². The second kappa shape index (κ2) is 6.12. The second-order valence-electron chi connectivity index (χ2n) is 10.4. The molecule has 158 valence electrons. The summed E-state index contributed by atoms with van der Waals surface area (Å²) in [6, 6.07) is 4.89. The Kier molecular flexibility index (Phi) is 3.89. The van der Waals surface area contributed by atoms with Gasteiger partial charge in [-0.25, -0.2) is 0 Å². The van der Waals surface area contributed by atoms with E-state index in [1.165, 1.54) is 30.5 Å². The molecule has 2 heterocycles. The molecule has 1 spiro atoms. The van der Waals surface area contributed by atoms with E-state index < -0.39 is 0 Å². The molecule has 29 heavy (non-hydrogen) atoms. The summed E-state index contributed by atoms with van der Waals surface area (Å²) in [5.74, 6) is 3.17. The minimum atomic E-state index is -0.290. The van der Waals surface area contributed by atoms with E-state index in [1.54, 1.807) is 14.2 Å². The summed E-state index contributed by atoms with van der Waals surface area (Å²) >= 11 is 0. The summed E-state index contributed by atoms with van der Waals surface area (Å²) in [6.07, 6.45) is 5.79. The molecule has 1 N–H and O–H groups in total. The van der Waals surface area contributed by atoms with E-state index in [4.69, 9.17) is 14.2 Å². The molecule has 2 bridgehead atoms. The summed E-state index contributed by atoms with van der Waals surface area (Å²) in [4.78, 5) is 2.78. The van der Waals surface area contributed by atoms with Gasteiger partial charge in [0.1, 0.15) is 12.2 Å². The van der Waals surface area contributed by atoms with Crippen LogP contribution in [0.2, 0.25) is 0 Å². The fraction of sp³-hybridized carbons (Fsp3) is 0.750. The first-order valence-corrected chi connectivity index (χ1v) is 11.3. The van der Waals surface area contributed by atoms with Crippen LogP contribution in [0.5, 0.6) is 11.5 Å². The molecule has 2 saturated carbocycles. The lowest BCUT2D eigenvalue weighted by atomic mass is 9.47. The number of aliphatic hydroxyl groups is 1. The van der Waals surface area contributed by atoms with Gasteiger partial charge in [-0.15, -0.1) is 0 Å². The lowest BCUT2D eigenvalue weighted by Gasteiger charge is -2.63. The van der Waals surface area contributed by atoms with Crippen LogP contribution in [0.4, 0.5) is 0 Å². The summed E-state index contributed by atoms with van der Waals surface area (Å²) in [5, 5.41) is 10.4. The average Bonchev–Trinajstić information content (AvgIpc) is 3.48. The highest BCUT2D eigenvalue weighted by Gasteiger charge is 2.70. The molecule has 6 unspecified atom stereocenters. The fourth-order valence-electron chi connectivity index (χ4n) is 7.43. The van der Waals surface area contributed by atoms with Gasteiger partial charge in [-0.3, -0.25) is 4.90 Å². The maximum Gasteiger partial charge on any atom is 0.165 e. The third kappa shape index (κ3) is 2.27. The van der Waals surface area contributed by atoms with Gasteiger partial charge in [0, 0.05) is 36.1 Å². The monoisotopic (exact) mass is 399 g/mol. The number of ether oxygens (including phenoxy) is 3. The SMILES string of the molecule is COc1ccc2c3c1OC1C(OC)C(C)(CO)CC4C(C2)N(CC2CC2)CCC341. The average molecular weight is 400 g/mol. The van der Waals surface area contributed by atoms with E-state index >= 15 is 0 Å². The Bertz CT molecular complexity index is 838. The molecule has 5 aliphatic rings. The number of hydrogen-bond donors (Lipinski definition) is 1. The van der Waals surface area contributed by atoms with Gasteiger partial charge in [0.05, 0.1) is 13.7 Å². The van der Waals surface area contributed by atoms with Crippen LogP contribution in [0.1, 0.15) is 43.7 Å². The van der Waals surface area contributed by atoms with Crippen LogP contribution < -0.4 is 9.47 Å². The number of piperidine rings is 1. The van der Waals surface area contributed by atoms with Gasteiger partial charge in [-0.05, 0) is 62.1 Å². The highest BCUT2D eigenvalue weighted by atomic mass is 16.6. The predicted octanol–water partition coefficient (Wildman–Crippen LogP) is 2.77. The maximum atomic E-state index is 10.4. The molecule has 5 nitrogen and oxygen atoms in total. The Morgan fingerprint density at radius 2 is 2.10 bits per heavy atom. The van der Waals surface area contributed by atoms with Crippen LogP contribution >= 0.6 is 0 Å². The van der Waals surface area contributed by atoms with E-state index in [0.717, 1.165) is 43.2 Å². The normalized spacial score (nSPS) is 42.3. The number of methoxy groups -OCH3 is 2. The molecule has 3 fully saturated rings. The molecule has 0 aromatic heterocycles. The van der Waals surface area contributed by atoms with E-state index in [-0.39, 0.29) is 29.6 Å². The number of aliphatic hydroxyl groups excluding tert-OH is 1. The van der Waals surface area contributed by atoms with Crippen molar-refractivity contribution in [3.63, 3.8) is 0 Å². The Balaban J connectivity index is 1.53. The lowest BCUT2D eigenvalue weighted by Crippen LogP contribution is -2.71. The van der Waals surface area contributed by atoms with Gasteiger partial charge >= 0.3 is 0 Å². The van der Waals surface area contributed by atoms with Gasteiger partial charge in [0.15, 0.2) is 11.5 Å². The summed E-state index contributed by atoms with van der Waals surface area (Å²) in [5.41, 5.74) is 2.53. The molecule has 1 aromatic carbocycles. The predicted molar refractivity (Wildman–Crippen MR) is 110 cm³/mol. The van der Waals surface area contributed by atoms with Crippen LogP contribution in [0.25, 0.3) is 0 Å². The molecular formula is C24H33NO4. The van der Waals surface area contributed by atoms with Crippen LogP contribution in [0.3, 0.4) is 0 Å². The van der Waals surface area contributed by atoms with Crippen molar-refractivity contribution in [3.8, 4) is 11.5 Å². The molecule has 3 aliphatic carbocycles. The molecule has 6 rings (SSSR count). The summed E-state index contributed by atoms with van der Waals surface area (Å²) in [6.45, 7) is 4.70. The van der Waals surface area contributed by atoms with Crippen molar-refractivity contribution in [2.75, 3.05) is 33.9 Å². The van der Waals surface area contributed by atoms with Gasteiger partial charge in [-0.2, -0.15) is 0 Å². The van der Waals surface area contributed by atoms with Gasteiger partial charge < -0.3 is 19.3 Å². The van der Waals surface area contributed by atoms with Crippen molar-refractivity contribution in [2.24, 2.45) is 17.3 Å². The molecular weight excluding hydrogens is 366 g/mol. The minimum Gasteiger partial charge on any atom is -0.493 e. The van der Waals surface area contributed by atoms with Gasteiger partial charge in [-0.1, -0.05) is 13.0 Å². The molecule has 0 amide bonds. The van der Waals surface area contributed by atoms with Gasteiger partial charge in [0.2, 0.25) is 0 Å². The zero-order valence-electron chi connectivity index (χ0n) is 17.8. The minimum absolute atomic E-state index is 0.0163. The van der Waals surface area contributed by atoms with Crippen LogP contribution in [-0.4, -0.2) is 62.2 Å². The first kappa shape index (κ1) is 18.5. The molecule has 1 saturated heterocycles. The molecule has 0 radical (unpaired) electrons. The third-order valence-electron chi connectivity index (χ3n) is 8.94. The van der Waals surface area contributed by atoms with Crippen molar-refractivity contribution in [3.05, 3.63) is 23.3 Å². The van der Waals surface area contributed by atoms with Crippen molar-refractivity contribution in [1.82, 2.24) is 4.90 Å². The number of benzene rings is 1. The van der Waals surface area contributed by atoms with E-state index in [0.29, 0.717) is 12.0 Å². The molecule has 6 atom stereocenters. The zero-order valence-corrected chi connectivity index (χ0v) is 17.8. The molecule has 5 heteroatoms. The van der Waals surface area contributed by atoms with Crippen LogP contribution in [-0.2, 0) is 16.6 Å².